The number of fused-ring (bicyclic) bond motifs is 1. The lowest BCUT2D eigenvalue weighted by Gasteiger charge is -2.28. The molecule has 1 aliphatic rings. The average Bonchev–Trinajstić information content (AvgIpc) is 2.99. The molecular formula is C23H26N2O5. The van der Waals surface area contributed by atoms with Crippen molar-refractivity contribution in [2.45, 2.75) is 26.3 Å². The molecule has 0 radical (unpaired) electrons. The van der Waals surface area contributed by atoms with Crippen LogP contribution in [0.2, 0.25) is 0 Å². The number of rotatable bonds is 8. The first-order chi connectivity index (χ1) is 14.4. The summed E-state index contributed by atoms with van der Waals surface area (Å²) in [6.07, 6.45) is 0.568. The van der Waals surface area contributed by atoms with E-state index in [4.69, 9.17) is 9.47 Å². The van der Waals surface area contributed by atoms with Gasteiger partial charge in [-0.15, -0.1) is 0 Å². The number of carbonyl (C=O) groups is 3. The van der Waals surface area contributed by atoms with Crippen LogP contribution in [-0.4, -0.2) is 49.4 Å². The number of hydrogen-bond acceptors (Lipinski definition) is 5. The van der Waals surface area contributed by atoms with Gasteiger partial charge in [0.25, 0.3) is 11.8 Å². The van der Waals surface area contributed by atoms with E-state index < -0.39 is 17.9 Å². The summed E-state index contributed by atoms with van der Waals surface area (Å²) in [4.78, 5) is 39.6. The minimum Gasteiger partial charge on any atom is -0.493 e. The van der Waals surface area contributed by atoms with Gasteiger partial charge in [0, 0.05) is 6.54 Å². The molecule has 0 aliphatic carbocycles. The van der Waals surface area contributed by atoms with Gasteiger partial charge >= 0.3 is 0 Å². The lowest BCUT2D eigenvalue weighted by Crippen LogP contribution is -2.52. The minimum atomic E-state index is -0.872. The fourth-order valence-corrected chi connectivity index (χ4v) is 3.65. The third-order valence-corrected chi connectivity index (χ3v) is 5.16. The van der Waals surface area contributed by atoms with Gasteiger partial charge in [0.05, 0.1) is 25.3 Å². The highest BCUT2D eigenvalue weighted by molar-refractivity contribution is 6.22. The van der Waals surface area contributed by atoms with Crippen LogP contribution < -0.4 is 14.8 Å². The third kappa shape index (κ3) is 4.01. The molecule has 7 nitrogen and oxygen atoms in total. The summed E-state index contributed by atoms with van der Waals surface area (Å²) in [6.45, 7) is 4.00. The highest BCUT2D eigenvalue weighted by Crippen LogP contribution is 2.28. The first-order valence-corrected chi connectivity index (χ1v) is 9.84. The van der Waals surface area contributed by atoms with Crippen molar-refractivity contribution in [1.82, 2.24) is 10.2 Å². The summed E-state index contributed by atoms with van der Waals surface area (Å²) in [5.74, 6) is -0.176. The molecular weight excluding hydrogens is 384 g/mol. The number of imide groups is 1. The number of ether oxygens (including phenoxy) is 2. The molecule has 1 heterocycles. The van der Waals surface area contributed by atoms with E-state index in [0.29, 0.717) is 35.6 Å². The number of carbonyl (C=O) groups excluding carboxylic acids is 3. The fraction of sp³-hybridized carbons (Fsp3) is 0.348. The molecule has 0 spiro atoms. The topological polar surface area (TPSA) is 84.9 Å². The summed E-state index contributed by atoms with van der Waals surface area (Å²) in [5, 5.41) is 2.87. The molecule has 0 bridgehead atoms. The molecule has 30 heavy (non-hydrogen) atoms. The van der Waals surface area contributed by atoms with Gasteiger partial charge in [0.15, 0.2) is 11.5 Å². The molecule has 158 valence electrons. The Morgan fingerprint density at radius 1 is 0.967 bits per heavy atom. The molecule has 0 saturated heterocycles. The second-order valence-corrected chi connectivity index (χ2v) is 7.45. The number of amides is 3. The van der Waals surface area contributed by atoms with Crippen molar-refractivity contribution >= 4 is 17.7 Å². The molecule has 1 atom stereocenters. The monoisotopic (exact) mass is 410 g/mol. The molecule has 1 N–H and O–H groups in total. The number of hydrogen-bond donors (Lipinski definition) is 1. The zero-order valence-corrected chi connectivity index (χ0v) is 17.6. The van der Waals surface area contributed by atoms with Crippen molar-refractivity contribution in [3.63, 3.8) is 0 Å². The van der Waals surface area contributed by atoms with Crippen LogP contribution in [0.1, 0.15) is 40.1 Å². The van der Waals surface area contributed by atoms with Crippen LogP contribution in [0.5, 0.6) is 11.5 Å². The van der Waals surface area contributed by atoms with Gasteiger partial charge in [0.1, 0.15) is 6.04 Å². The van der Waals surface area contributed by atoms with E-state index in [1.54, 1.807) is 38.5 Å². The Kier molecular flexibility index (Phi) is 6.40. The van der Waals surface area contributed by atoms with Gasteiger partial charge in [0.2, 0.25) is 5.91 Å². The predicted octanol–water partition coefficient (Wildman–Crippen LogP) is 2.68. The van der Waals surface area contributed by atoms with Crippen molar-refractivity contribution in [1.29, 1.82) is 0 Å². The largest absolute Gasteiger partial charge is 0.493 e. The molecule has 1 aliphatic heterocycles. The molecule has 3 amide bonds. The Bertz CT molecular complexity index is 935. The standard InChI is InChI=1S/C23H26N2O5/c1-14(2)20(25-22(27)16-7-5-6-8-17(16)23(25)28)21(26)24-12-11-15-9-10-18(29-3)19(13-15)30-4/h5-10,13-14,20H,11-12H2,1-4H3,(H,24,26)/t20-/m1/s1. The van der Waals surface area contributed by atoms with Crippen LogP contribution in [0.4, 0.5) is 0 Å². The maximum Gasteiger partial charge on any atom is 0.262 e. The van der Waals surface area contributed by atoms with Crippen LogP contribution in [0.25, 0.3) is 0 Å². The number of nitrogens with zero attached hydrogens (tertiary/aromatic N) is 1. The second-order valence-electron chi connectivity index (χ2n) is 7.45. The van der Waals surface area contributed by atoms with E-state index in [-0.39, 0.29) is 11.8 Å². The maximum atomic E-state index is 12.9. The van der Waals surface area contributed by atoms with Gasteiger partial charge in [-0.3, -0.25) is 19.3 Å². The van der Waals surface area contributed by atoms with E-state index in [1.165, 1.54) is 0 Å². The number of methoxy groups -OCH3 is 2. The summed E-state index contributed by atoms with van der Waals surface area (Å²) in [5.41, 5.74) is 1.65. The quantitative estimate of drug-likeness (QED) is 0.677. The predicted molar refractivity (Wildman–Crippen MR) is 112 cm³/mol. The Labute approximate surface area is 176 Å². The maximum absolute atomic E-state index is 12.9. The van der Waals surface area contributed by atoms with E-state index in [1.807, 2.05) is 32.0 Å². The summed E-state index contributed by atoms with van der Waals surface area (Å²) < 4.78 is 10.5. The summed E-state index contributed by atoms with van der Waals surface area (Å²) in [7, 11) is 3.14. The first kappa shape index (κ1) is 21.4. The lowest BCUT2D eigenvalue weighted by atomic mass is 10.0. The second kappa shape index (κ2) is 8.98. The van der Waals surface area contributed by atoms with E-state index in [0.717, 1.165) is 10.5 Å². The van der Waals surface area contributed by atoms with Crippen LogP contribution >= 0.6 is 0 Å². The molecule has 0 saturated carbocycles. The summed E-state index contributed by atoms with van der Waals surface area (Å²) in [6, 6.07) is 11.3. The fourth-order valence-electron chi connectivity index (χ4n) is 3.65. The van der Waals surface area contributed by atoms with Crippen LogP contribution in [0, 0.1) is 5.92 Å². The minimum absolute atomic E-state index is 0.228. The first-order valence-electron chi connectivity index (χ1n) is 9.84. The SMILES string of the molecule is COc1ccc(CCNC(=O)[C@@H](C(C)C)N2C(=O)c3ccccc3C2=O)cc1OC. The molecule has 3 rings (SSSR count). The third-order valence-electron chi connectivity index (χ3n) is 5.16. The van der Waals surface area contributed by atoms with E-state index in [9.17, 15) is 14.4 Å². The Balaban J connectivity index is 1.69. The van der Waals surface area contributed by atoms with E-state index in [2.05, 4.69) is 5.32 Å². The zero-order valence-electron chi connectivity index (χ0n) is 17.6. The molecule has 0 fully saturated rings. The van der Waals surface area contributed by atoms with Crippen molar-refractivity contribution in [2.24, 2.45) is 5.92 Å². The molecule has 0 unspecified atom stereocenters. The average molecular weight is 410 g/mol. The molecule has 2 aromatic carbocycles. The van der Waals surface area contributed by atoms with Crippen molar-refractivity contribution in [3.8, 4) is 11.5 Å². The van der Waals surface area contributed by atoms with Gasteiger partial charge < -0.3 is 14.8 Å². The van der Waals surface area contributed by atoms with Crippen LogP contribution in [-0.2, 0) is 11.2 Å². The summed E-state index contributed by atoms with van der Waals surface area (Å²) >= 11 is 0. The Morgan fingerprint density at radius 3 is 2.10 bits per heavy atom. The van der Waals surface area contributed by atoms with Crippen molar-refractivity contribution in [2.75, 3.05) is 20.8 Å². The van der Waals surface area contributed by atoms with Gasteiger partial charge in [-0.1, -0.05) is 32.0 Å². The number of nitrogens with one attached hydrogen (secondary N) is 1. The van der Waals surface area contributed by atoms with Gasteiger partial charge in [-0.05, 0) is 42.2 Å². The molecule has 2 aromatic rings. The highest BCUT2D eigenvalue weighted by Gasteiger charge is 2.43. The highest BCUT2D eigenvalue weighted by atomic mass is 16.5. The van der Waals surface area contributed by atoms with Crippen molar-refractivity contribution in [3.05, 3.63) is 59.2 Å². The molecule has 0 aromatic heterocycles. The Hall–Kier alpha value is -3.35. The van der Waals surface area contributed by atoms with Crippen LogP contribution in [0.15, 0.2) is 42.5 Å². The van der Waals surface area contributed by atoms with Crippen LogP contribution in [0.3, 0.4) is 0 Å². The number of benzene rings is 2. The zero-order chi connectivity index (χ0) is 21.8. The molecule has 7 heteroatoms. The Morgan fingerprint density at radius 2 is 1.57 bits per heavy atom. The van der Waals surface area contributed by atoms with Gasteiger partial charge in [-0.2, -0.15) is 0 Å². The van der Waals surface area contributed by atoms with E-state index >= 15 is 0 Å². The van der Waals surface area contributed by atoms with Gasteiger partial charge in [-0.25, -0.2) is 0 Å². The lowest BCUT2D eigenvalue weighted by molar-refractivity contribution is -0.126. The normalized spacial score (nSPS) is 14.0. The smallest absolute Gasteiger partial charge is 0.262 e. The van der Waals surface area contributed by atoms with Crippen molar-refractivity contribution < 1.29 is 23.9 Å².